The van der Waals surface area contributed by atoms with E-state index >= 15 is 0 Å². The number of likely N-dealkylation sites (tertiary alicyclic amines) is 2. The first-order valence-corrected chi connectivity index (χ1v) is 12.5. The summed E-state index contributed by atoms with van der Waals surface area (Å²) in [6, 6.07) is 9.96. The normalized spacial score (nSPS) is 18.6. The molecule has 0 unspecified atom stereocenters. The smallest absolute Gasteiger partial charge is 0.253 e. The van der Waals surface area contributed by atoms with E-state index in [2.05, 4.69) is 5.32 Å². The van der Waals surface area contributed by atoms with E-state index in [1.807, 2.05) is 4.90 Å². The van der Waals surface area contributed by atoms with Gasteiger partial charge in [0.1, 0.15) is 11.9 Å². The summed E-state index contributed by atoms with van der Waals surface area (Å²) in [6.45, 7) is 2.36. The van der Waals surface area contributed by atoms with E-state index in [0.717, 1.165) is 19.3 Å². The third kappa shape index (κ3) is 5.15. The largest absolute Gasteiger partial charge is 0.454 e. The van der Waals surface area contributed by atoms with Crippen LogP contribution in [0.1, 0.15) is 52.8 Å². The van der Waals surface area contributed by atoms with Gasteiger partial charge in [0.05, 0.1) is 0 Å². The molecule has 0 radical (unpaired) electrons. The number of carbonyl (C=O) groups is 3. The number of hydrogen-bond donors (Lipinski definition) is 1. The summed E-state index contributed by atoms with van der Waals surface area (Å²) >= 11 is 0. The molecule has 3 aliphatic rings. The van der Waals surface area contributed by atoms with Gasteiger partial charge in [-0.1, -0.05) is 6.07 Å². The zero-order valence-electron chi connectivity index (χ0n) is 20.1. The number of nitrogens with one attached hydrogen (secondary N) is 1. The van der Waals surface area contributed by atoms with Crippen molar-refractivity contribution in [1.29, 1.82) is 0 Å². The van der Waals surface area contributed by atoms with E-state index in [9.17, 15) is 18.8 Å². The predicted octanol–water partition coefficient (Wildman–Crippen LogP) is 3.22. The van der Waals surface area contributed by atoms with Crippen molar-refractivity contribution in [3.8, 4) is 11.5 Å². The molecule has 3 aliphatic heterocycles. The van der Waals surface area contributed by atoms with Gasteiger partial charge in [0.25, 0.3) is 11.8 Å². The number of fused-ring (bicyclic) bond motifs is 1. The first kappa shape index (κ1) is 24.1. The maximum atomic E-state index is 13.6. The molecule has 1 N–H and O–H groups in total. The fourth-order valence-electron chi connectivity index (χ4n) is 5.19. The fraction of sp³-hybridized carbons (Fsp3) is 0.444. The highest BCUT2D eigenvalue weighted by atomic mass is 19.1. The summed E-state index contributed by atoms with van der Waals surface area (Å²) in [4.78, 5) is 43.2. The highest BCUT2D eigenvalue weighted by Gasteiger charge is 2.37. The lowest BCUT2D eigenvalue weighted by Crippen LogP contribution is -2.55. The molecule has 2 saturated heterocycles. The second-order valence-corrected chi connectivity index (χ2v) is 9.55. The van der Waals surface area contributed by atoms with E-state index in [4.69, 9.17) is 9.47 Å². The van der Waals surface area contributed by atoms with E-state index in [1.165, 1.54) is 18.2 Å². The molecule has 2 aromatic carbocycles. The Kier molecular flexibility index (Phi) is 7.06. The molecule has 3 amide bonds. The topological polar surface area (TPSA) is 88.2 Å². The van der Waals surface area contributed by atoms with Crippen molar-refractivity contribution in [2.24, 2.45) is 5.92 Å². The van der Waals surface area contributed by atoms with Crippen molar-refractivity contribution >= 4 is 17.7 Å². The molecule has 9 heteroatoms. The van der Waals surface area contributed by atoms with Crippen molar-refractivity contribution in [3.05, 3.63) is 59.4 Å². The number of carbonyl (C=O) groups excluding carboxylic acids is 3. The maximum absolute atomic E-state index is 13.6. The Morgan fingerprint density at radius 1 is 0.861 bits per heavy atom. The van der Waals surface area contributed by atoms with E-state index in [1.54, 1.807) is 29.2 Å². The average Bonchev–Trinajstić information content (AvgIpc) is 3.39. The first-order chi connectivity index (χ1) is 17.5. The van der Waals surface area contributed by atoms with Crippen LogP contribution in [0.4, 0.5) is 4.39 Å². The van der Waals surface area contributed by atoms with Crippen LogP contribution in [0.2, 0.25) is 0 Å². The van der Waals surface area contributed by atoms with Crippen LogP contribution in [-0.2, 0) is 4.79 Å². The number of halogens is 1. The lowest BCUT2D eigenvalue weighted by atomic mass is 9.87. The average molecular weight is 496 g/mol. The Balaban J connectivity index is 1.29. The molecule has 36 heavy (non-hydrogen) atoms. The van der Waals surface area contributed by atoms with E-state index < -0.39 is 11.9 Å². The number of hydrogen-bond acceptors (Lipinski definition) is 5. The Morgan fingerprint density at radius 2 is 1.61 bits per heavy atom. The first-order valence-electron chi connectivity index (χ1n) is 12.5. The molecule has 2 aromatic rings. The van der Waals surface area contributed by atoms with Crippen molar-refractivity contribution in [1.82, 2.24) is 15.1 Å². The van der Waals surface area contributed by atoms with E-state index in [0.29, 0.717) is 61.6 Å². The Labute approximate surface area is 209 Å². The minimum Gasteiger partial charge on any atom is -0.454 e. The number of ether oxygens (including phenoxy) is 2. The summed E-state index contributed by atoms with van der Waals surface area (Å²) in [6.07, 6.45) is 4.13. The van der Waals surface area contributed by atoms with Crippen LogP contribution in [-0.4, -0.2) is 66.5 Å². The predicted molar refractivity (Wildman–Crippen MR) is 129 cm³/mol. The Bertz CT molecular complexity index is 1140. The third-order valence-electron chi connectivity index (χ3n) is 7.22. The van der Waals surface area contributed by atoms with Crippen LogP contribution in [0, 0.1) is 11.7 Å². The summed E-state index contributed by atoms with van der Waals surface area (Å²) < 4.78 is 24.3. The monoisotopic (exact) mass is 495 g/mol. The summed E-state index contributed by atoms with van der Waals surface area (Å²) in [5, 5.41) is 2.99. The molecular weight excluding hydrogens is 465 g/mol. The van der Waals surface area contributed by atoms with Crippen molar-refractivity contribution in [3.63, 3.8) is 0 Å². The standard InChI is InChI=1S/C27H30FN3O5/c28-21-6-4-5-20(15-21)26(33)31-13-9-18(10-14-31)24(27(34)30-11-2-1-3-12-30)29-25(32)19-7-8-22-23(16-19)36-17-35-22/h4-8,15-16,18,24H,1-3,9-14,17H2,(H,29,32)/t24-/m1/s1. The number of piperidine rings is 2. The van der Waals surface area contributed by atoms with Crippen molar-refractivity contribution < 1.29 is 28.2 Å². The molecule has 2 fully saturated rings. The molecule has 0 bridgehead atoms. The van der Waals surface area contributed by atoms with Crippen LogP contribution < -0.4 is 14.8 Å². The van der Waals surface area contributed by atoms with Crippen LogP contribution in [0.15, 0.2) is 42.5 Å². The van der Waals surface area contributed by atoms with Crippen LogP contribution in [0.3, 0.4) is 0 Å². The fourth-order valence-corrected chi connectivity index (χ4v) is 5.19. The van der Waals surface area contributed by atoms with Crippen LogP contribution >= 0.6 is 0 Å². The molecule has 8 nitrogen and oxygen atoms in total. The molecule has 0 spiro atoms. The summed E-state index contributed by atoms with van der Waals surface area (Å²) in [5.74, 6) is -0.117. The summed E-state index contributed by atoms with van der Waals surface area (Å²) in [7, 11) is 0. The minimum atomic E-state index is -0.688. The van der Waals surface area contributed by atoms with Gasteiger partial charge in [0.15, 0.2) is 11.5 Å². The molecule has 190 valence electrons. The second kappa shape index (κ2) is 10.6. The van der Waals surface area contributed by atoms with Gasteiger partial charge in [-0.05, 0) is 74.4 Å². The van der Waals surface area contributed by atoms with Gasteiger partial charge in [0, 0.05) is 37.3 Å². The van der Waals surface area contributed by atoms with Gasteiger partial charge in [-0.15, -0.1) is 0 Å². The number of benzene rings is 2. The number of nitrogens with zero attached hydrogens (tertiary/aromatic N) is 2. The SMILES string of the molecule is O=C(N[C@@H](C(=O)N1CCCCC1)C1CCN(C(=O)c2cccc(F)c2)CC1)c1ccc2c(c1)OCO2. The Hall–Kier alpha value is -3.62. The Morgan fingerprint density at radius 3 is 2.36 bits per heavy atom. The number of amides is 3. The zero-order chi connectivity index (χ0) is 25.1. The van der Waals surface area contributed by atoms with Gasteiger partial charge in [-0.25, -0.2) is 4.39 Å². The highest BCUT2D eigenvalue weighted by molar-refractivity contribution is 5.98. The zero-order valence-corrected chi connectivity index (χ0v) is 20.1. The lowest BCUT2D eigenvalue weighted by molar-refractivity contribution is -0.136. The summed E-state index contributed by atoms with van der Waals surface area (Å²) in [5.41, 5.74) is 0.708. The van der Waals surface area contributed by atoms with Gasteiger partial charge in [-0.3, -0.25) is 14.4 Å². The molecule has 0 aliphatic carbocycles. The van der Waals surface area contributed by atoms with Gasteiger partial charge >= 0.3 is 0 Å². The quantitative estimate of drug-likeness (QED) is 0.688. The molecular formula is C27H30FN3O5. The molecule has 1 atom stereocenters. The van der Waals surface area contributed by atoms with Gasteiger partial charge in [0.2, 0.25) is 12.7 Å². The maximum Gasteiger partial charge on any atom is 0.253 e. The second-order valence-electron chi connectivity index (χ2n) is 9.55. The van der Waals surface area contributed by atoms with Crippen LogP contribution in [0.25, 0.3) is 0 Å². The van der Waals surface area contributed by atoms with Crippen molar-refractivity contribution in [2.45, 2.75) is 38.1 Å². The van der Waals surface area contributed by atoms with Gasteiger partial charge < -0.3 is 24.6 Å². The minimum absolute atomic E-state index is 0.0706. The van der Waals surface area contributed by atoms with Crippen LogP contribution in [0.5, 0.6) is 11.5 Å². The van der Waals surface area contributed by atoms with E-state index in [-0.39, 0.29) is 30.4 Å². The molecule has 5 rings (SSSR count). The number of rotatable bonds is 5. The molecule has 0 aromatic heterocycles. The van der Waals surface area contributed by atoms with Crippen molar-refractivity contribution in [2.75, 3.05) is 33.0 Å². The lowest BCUT2D eigenvalue weighted by Gasteiger charge is -2.38. The molecule has 3 heterocycles. The van der Waals surface area contributed by atoms with Gasteiger partial charge in [-0.2, -0.15) is 0 Å². The third-order valence-corrected chi connectivity index (χ3v) is 7.22. The highest BCUT2D eigenvalue weighted by Crippen LogP contribution is 2.33. The molecule has 0 saturated carbocycles.